The molecule has 0 aliphatic carbocycles. The van der Waals surface area contributed by atoms with E-state index in [0.29, 0.717) is 5.82 Å². The molecule has 16 heavy (non-hydrogen) atoms. The average Bonchev–Trinajstić information content (AvgIpc) is 2.80. The number of hydrogen-bond acceptors (Lipinski definition) is 6. The van der Waals surface area contributed by atoms with Gasteiger partial charge in [0.25, 0.3) is 0 Å². The Labute approximate surface area is 91.3 Å². The van der Waals surface area contributed by atoms with Crippen LogP contribution in [-0.2, 0) is 4.74 Å². The number of nitrogens with zero attached hydrogens (tertiary/aromatic N) is 1. The van der Waals surface area contributed by atoms with Gasteiger partial charge in [-0.2, -0.15) is 0 Å². The van der Waals surface area contributed by atoms with Gasteiger partial charge in [-0.15, -0.1) is 0 Å². The summed E-state index contributed by atoms with van der Waals surface area (Å²) in [5, 5.41) is 37.8. The first-order valence-corrected chi connectivity index (χ1v) is 4.95. The van der Waals surface area contributed by atoms with Crippen molar-refractivity contribution in [3.63, 3.8) is 0 Å². The lowest BCUT2D eigenvalue weighted by Gasteiger charge is -2.39. The van der Waals surface area contributed by atoms with Gasteiger partial charge in [-0.25, -0.2) is 4.98 Å². The molecule has 0 radical (unpaired) electrons. The Morgan fingerprint density at radius 1 is 1.25 bits per heavy atom. The highest BCUT2D eigenvalue weighted by Gasteiger charge is 2.44. The summed E-state index contributed by atoms with van der Waals surface area (Å²) in [7, 11) is 0. The second kappa shape index (κ2) is 4.48. The molecule has 1 fully saturated rings. The second-order valence-corrected chi connectivity index (χ2v) is 3.72. The van der Waals surface area contributed by atoms with Crippen LogP contribution in [0.15, 0.2) is 12.4 Å². The highest BCUT2D eigenvalue weighted by atomic mass is 16.5. The lowest BCUT2D eigenvalue weighted by atomic mass is 9.95. The summed E-state index contributed by atoms with van der Waals surface area (Å²) in [6.07, 6.45) is -2.76. The van der Waals surface area contributed by atoms with Crippen LogP contribution in [0.1, 0.15) is 11.9 Å². The van der Waals surface area contributed by atoms with E-state index >= 15 is 0 Å². The van der Waals surface area contributed by atoms with Crippen LogP contribution in [0.3, 0.4) is 0 Å². The molecule has 5 N–H and O–H groups in total. The topological polar surface area (TPSA) is 119 Å². The molecule has 1 saturated heterocycles. The van der Waals surface area contributed by atoms with Crippen LogP contribution < -0.4 is 0 Å². The van der Waals surface area contributed by atoms with Crippen LogP contribution in [0.25, 0.3) is 0 Å². The van der Waals surface area contributed by atoms with Crippen molar-refractivity contribution in [2.45, 2.75) is 30.5 Å². The summed E-state index contributed by atoms with van der Waals surface area (Å²) < 4.78 is 5.27. The maximum atomic E-state index is 9.72. The predicted molar refractivity (Wildman–Crippen MR) is 51.3 cm³/mol. The molecular weight excluding hydrogens is 216 g/mol. The van der Waals surface area contributed by atoms with E-state index in [1.54, 1.807) is 6.20 Å². The minimum absolute atomic E-state index is 0.344. The maximum Gasteiger partial charge on any atom is 0.144 e. The van der Waals surface area contributed by atoms with Gasteiger partial charge in [-0.1, -0.05) is 0 Å². The monoisotopic (exact) mass is 230 g/mol. The van der Waals surface area contributed by atoms with Crippen LogP contribution in [0.2, 0.25) is 0 Å². The highest BCUT2D eigenvalue weighted by Crippen LogP contribution is 2.30. The molecule has 7 heteroatoms. The van der Waals surface area contributed by atoms with Crippen molar-refractivity contribution in [2.24, 2.45) is 0 Å². The summed E-state index contributed by atoms with van der Waals surface area (Å²) in [4.78, 5) is 6.65. The van der Waals surface area contributed by atoms with E-state index in [4.69, 9.17) is 9.84 Å². The third-order valence-electron chi connectivity index (χ3n) is 2.68. The van der Waals surface area contributed by atoms with E-state index in [1.165, 1.54) is 6.20 Å². The number of nitrogens with one attached hydrogen (secondary N) is 1. The van der Waals surface area contributed by atoms with Gasteiger partial charge in [0.05, 0.1) is 6.61 Å². The largest absolute Gasteiger partial charge is 0.394 e. The molecule has 5 atom stereocenters. The van der Waals surface area contributed by atoms with Crippen molar-refractivity contribution < 1.29 is 25.2 Å². The van der Waals surface area contributed by atoms with Crippen LogP contribution in [0.5, 0.6) is 0 Å². The smallest absolute Gasteiger partial charge is 0.144 e. The number of aliphatic hydroxyl groups excluding tert-OH is 4. The van der Waals surface area contributed by atoms with Crippen LogP contribution in [0, 0.1) is 0 Å². The first kappa shape index (κ1) is 11.5. The van der Waals surface area contributed by atoms with E-state index in [0.717, 1.165) is 0 Å². The third-order valence-corrected chi connectivity index (χ3v) is 2.68. The zero-order chi connectivity index (χ0) is 11.7. The zero-order valence-corrected chi connectivity index (χ0v) is 8.39. The lowest BCUT2D eigenvalue weighted by Crippen LogP contribution is -2.55. The summed E-state index contributed by atoms with van der Waals surface area (Å²) in [6, 6.07) is 0. The fraction of sp³-hybridized carbons (Fsp3) is 0.667. The summed E-state index contributed by atoms with van der Waals surface area (Å²) in [5.41, 5.74) is 0. The van der Waals surface area contributed by atoms with E-state index in [1.807, 2.05) is 0 Å². The maximum absolute atomic E-state index is 9.72. The number of aromatic amines is 1. The predicted octanol–water partition coefficient (Wildman–Crippen LogP) is -2.08. The molecule has 2 rings (SSSR count). The molecule has 0 aromatic carbocycles. The fourth-order valence-corrected chi connectivity index (χ4v) is 1.76. The van der Waals surface area contributed by atoms with E-state index < -0.39 is 37.1 Å². The molecule has 0 saturated carbocycles. The number of rotatable bonds is 2. The van der Waals surface area contributed by atoms with Gasteiger partial charge in [-0.05, 0) is 0 Å². The molecule has 0 amide bonds. The van der Waals surface area contributed by atoms with E-state index in [2.05, 4.69) is 9.97 Å². The number of aromatic nitrogens is 2. The molecule has 1 aromatic rings. The molecule has 1 aromatic heterocycles. The second-order valence-electron chi connectivity index (χ2n) is 3.72. The normalized spacial score (nSPS) is 39.9. The summed E-state index contributed by atoms with van der Waals surface area (Å²) in [5.74, 6) is 0.344. The molecule has 0 unspecified atom stereocenters. The third kappa shape index (κ3) is 1.83. The van der Waals surface area contributed by atoms with Crippen LogP contribution in [-0.4, -0.2) is 61.4 Å². The minimum Gasteiger partial charge on any atom is -0.394 e. The fourth-order valence-electron chi connectivity index (χ4n) is 1.76. The number of ether oxygens (including phenoxy) is 1. The van der Waals surface area contributed by atoms with Gasteiger partial charge in [0, 0.05) is 12.4 Å². The number of aliphatic hydroxyl groups is 4. The van der Waals surface area contributed by atoms with Gasteiger partial charge in [-0.3, -0.25) is 0 Å². The molecular formula is C9H14N2O5. The molecule has 7 nitrogen and oxygen atoms in total. The lowest BCUT2D eigenvalue weighted by molar-refractivity contribution is -0.233. The molecule has 1 aliphatic rings. The summed E-state index contributed by atoms with van der Waals surface area (Å²) in [6.45, 7) is -0.442. The van der Waals surface area contributed by atoms with Crippen molar-refractivity contribution >= 4 is 0 Å². The van der Waals surface area contributed by atoms with Gasteiger partial charge in [0.15, 0.2) is 0 Å². The Morgan fingerprint density at radius 3 is 2.56 bits per heavy atom. The van der Waals surface area contributed by atoms with Gasteiger partial charge >= 0.3 is 0 Å². The Hall–Kier alpha value is -0.990. The average molecular weight is 230 g/mol. The van der Waals surface area contributed by atoms with Crippen molar-refractivity contribution in [3.8, 4) is 0 Å². The van der Waals surface area contributed by atoms with Gasteiger partial charge in [0.2, 0.25) is 0 Å². The number of imidazole rings is 1. The van der Waals surface area contributed by atoms with Crippen molar-refractivity contribution in [1.29, 1.82) is 0 Å². The first-order valence-electron chi connectivity index (χ1n) is 4.95. The van der Waals surface area contributed by atoms with Crippen molar-refractivity contribution in [3.05, 3.63) is 18.2 Å². The molecule has 0 spiro atoms. The van der Waals surface area contributed by atoms with Crippen LogP contribution >= 0.6 is 0 Å². The zero-order valence-electron chi connectivity index (χ0n) is 8.39. The molecule has 2 heterocycles. The first-order chi connectivity index (χ1) is 7.65. The van der Waals surface area contributed by atoms with Gasteiger partial charge in [0.1, 0.15) is 36.3 Å². The van der Waals surface area contributed by atoms with Crippen molar-refractivity contribution in [2.75, 3.05) is 6.61 Å². The Kier molecular flexibility index (Phi) is 3.22. The number of H-pyrrole nitrogens is 1. The van der Waals surface area contributed by atoms with Crippen LogP contribution in [0.4, 0.5) is 0 Å². The number of hydrogen-bond donors (Lipinski definition) is 5. The SMILES string of the molecule is OC[C@H]1O[C@H](c2ncc[nH]2)[C@H](O)[C@@H](O)[C@@H]1O. The quantitative estimate of drug-likeness (QED) is 0.398. The van der Waals surface area contributed by atoms with Gasteiger partial charge < -0.3 is 30.1 Å². The van der Waals surface area contributed by atoms with Crippen molar-refractivity contribution in [1.82, 2.24) is 9.97 Å². The highest BCUT2D eigenvalue weighted by molar-refractivity contribution is 5.02. The summed E-state index contributed by atoms with van der Waals surface area (Å²) >= 11 is 0. The molecule has 90 valence electrons. The Morgan fingerprint density at radius 2 is 2.00 bits per heavy atom. The minimum atomic E-state index is -1.37. The standard InChI is InChI=1S/C9H14N2O5/c12-3-4-5(13)6(14)7(15)8(16-4)9-10-1-2-11-9/h1-2,4-8,12-15H,3H2,(H,10,11)/t4-,5-,6+,7-,8+/m1/s1. The molecule has 1 aliphatic heterocycles. The Bertz CT molecular complexity index is 329. The van der Waals surface area contributed by atoms with E-state index in [-0.39, 0.29) is 0 Å². The molecule has 0 bridgehead atoms. The van der Waals surface area contributed by atoms with E-state index in [9.17, 15) is 15.3 Å². The Balaban J connectivity index is 2.20.